The molecule has 0 spiro atoms. The molecule has 0 bridgehead atoms. The lowest BCUT2D eigenvalue weighted by Gasteiger charge is -2.07. The van der Waals surface area contributed by atoms with Crippen LogP contribution in [0.25, 0.3) is 0 Å². The maximum absolute atomic E-state index is 12.2. The summed E-state index contributed by atoms with van der Waals surface area (Å²) < 4.78 is 0. The summed E-state index contributed by atoms with van der Waals surface area (Å²) in [5.41, 5.74) is 4.05. The van der Waals surface area contributed by atoms with E-state index in [0.29, 0.717) is 12.0 Å². The molecule has 0 fully saturated rings. The van der Waals surface area contributed by atoms with Crippen molar-refractivity contribution in [2.75, 3.05) is 10.6 Å². The van der Waals surface area contributed by atoms with Crippen molar-refractivity contribution >= 4 is 23.2 Å². The van der Waals surface area contributed by atoms with E-state index in [1.54, 1.807) is 12.1 Å². The van der Waals surface area contributed by atoms with Crippen molar-refractivity contribution < 1.29 is 9.59 Å². The monoisotopic (exact) mass is 266 g/mol. The molecule has 0 aliphatic carbocycles. The van der Waals surface area contributed by atoms with E-state index in [1.165, 1.54) is 0 Å². The first-order valence-electron chi connectivity index (χ1n) is 6.42. The van der Waals surface area contributed by atoms with Gasteiger partial charge in [-0.2, -0.15) is 0 Å². The first-order valence-corrected chi connectivity index (χ1v) is 6.42. The fraction of sp³-hybridized carbons (Fsp3) is 0.125. The van der Waals surface area contributed by atoms with Crippen LogP contribution in [-0.2, 0) is 11.2 Å². The lowest BCUT2D eigenvalue weighted by molar-refractivity contribution is -0.115. The molecule has 4 heteroatoms. The number of nitrogens with one attached hydrogen (secondary N) is 2. The molecule has 0 saturated carbocycles. The molecule has 0 saturated heterocycles. The van der Waals surface area contributed by atoms with Crippen molar-refractivity contribution in [3.63, 3.8) is 0 Å². The predicted octanol–water partition coefficient (Wildman–Crippen LogP) is 2.74. The summed E-state index contributed by atoms with van der Waals surface area (Å²) in [7, 11) is 0. The Balaban J connectivity index is 1.81. The lowest BCUT2D eigenvalue weighted by Crippen LogP contribution is -2.12. The molecule has 0 radical (unpaired) electrons. The Morgan fingerprint density at radius 1 is 1.20 bits per heavy atom. The fourth-order valence-electron chi connectivity index (χ4n) is 2.28. The lowest BCUT2D eigenvalue weighted by atomic mass is 10.1. The number of carbonyl (C=O) groups is 2. The number of hydrogen-bond acceptors (Lipinski definition) is 2. The SMILES string of the molecule is Cc1cccc(NC(=O)c2ccc3c(c2)NC(=O)C3)c1. The van der Waals surface area contributed by atoms with Crippen LogP contribution in [0.5, 0.6) is 0 Å². The minimum absolute atomic E-state index is 0.0313. The molecule has 1 aliphatic rings. The summed E-state index contributed by atoms with van der Waals surface area (Å²) in [6.07, 6.45) is 0.384. The van der Waals surface area contributed by atoms with Gasteiger partial charge in [-0.1, -0.05) is 18.2 Å². The summed E-state index contributed by atoms with van der Waals surface area (Å²) in [4.78, 5) is 23.5. The van der Waals surface area contributed by atoms with Gasteiger partial charge in [0.2, 0.25) is 5.91 Å². The Morgan fingerprint density at radius 3 is 2.85 bits per heavy atom. The highest BCUT2D eigenvalue weighted by Gasteiger charge is 2.19. The summed E-state index contributed by atoms with van der Waals surface area (Å²) in [5.74, 6) is -0.212. The van der Waals surface area contributed by atoms with Gasteiger partial charge in [0, 0.05) is 16.9 Å². The van der Waals surface area contributed by atoms with E-state index in [0.717, 1.165) is 22.5 Å². The molecule has 100 valence electrons. The van der Waals surface area contributed by atoms with Gasteiger partial charge in [-0.25, -0.2) is 0 Å². The van der Waals surface area contributed by atoms with Crippen LogP contribution < -0.4 is 10.6 Å². The van der Waals surface area contributed by atoms with Crippen molar-refractivity contribution in [3.8, 4) is 0 Å². The van der Waals surface area contributed by atoms with E-state index in [2.05, 4.69) is 10.6 Å². The fourth-order valence-corrected chi connectivity index (χ4v) is 2.28. The normalized spacial score (nSPS) is 12.8. The summed E-state index contributed by atoms with van der Waals surface area (Å²) in [6.45, 7) is 1.97. The van der Waals surface area contributed by atoms with Crippen molar-refractivity contribution in [1.82, 2.24) is 0 Å². The van der Waals surface area contributed by atoms with Gasteiger partial charge in [0.1, 0.15) is 0 Å². The smallest absolute Gasteiger partial charge is 0.255 e. The molecular formula is C16H14N2O2. The maximum atomic E-state index is 12.2. The third-order valence-corrected chi connectivity index (χ3v) is 3.27. The van der Waals surface area contributed by atoms with Crippen LogP contribution >= 0.6 is 0 Å². The summed E-state index contributed by atoms with van der Waals surface area (Å²) in [6, 6.07) is 12.9. The van der Waals surface area contributed by atoms with Crippen LogP contribution in [-0.4, -0.2) is 11.8 Å². The van der Waals surface area contributed by atoms with Crippen molar-refractivity contribution in [1.29, 1.82) is 0 Å². The maximum Gasteiger partial charge on any atom is 0.255 e. The first kappa shape index (κ1) is 12.4. The van der Waals surface area contributed by atoms with E-state index < -0.39 is 0 Å². The molecular weight excluding hydrogens is 252 g/mol. The van der Waals surface area contributed by atoms with E-state index in [-0.39, 0.29) is 11.8 Å². The molecule has 3 rings (SSSR count). The van der Waals surface area contributed by atoms with Gasteiger partial charge in [-0.05, 0) is 42.3 Å². The molecule has 20 heavy (non-hydrogen) atoms. The second kappa shape index (κ2) is 4.81. The van der Waals surface area contributed by atoms with Gasteiger partial charge in [0.25, 0.3) is 5.91 Å². The molecule has 2 N–H and O–H groups in total. The second-order valence-corrected chi connectivity index (χ2v) is 4.92. The molecule has 0 unspecified atom stereocenters. The third-order valence-electron chi connectivity index (χ3n) is 3.27. The van der Waals surface area contributed by atoms with Crippen LogP contribution in [0.1, 0.15) is 21.5 Å². The van der Waals surface area contributed by atoms with Crippen LogP contribution in [0.2, 0.25) is 0 Å². The van der Waals surface area contributed by atoms with E-state index in [1.807, 2.05) is 37.3 Å². The Kier molecular flexibility index (Phi) is 2.99. The average molecular weight is 266 g/mol. The van der Waals surface area contributed by atoms with E-state index in [9.17, 15) is 9.59 Å². The molecule has 1 aliphatic heterocycles. The zero-order valence-corrected chi connectivity index (χ0v) is 11.1. The van der Waals surface area contributed by atoms with Gasteiger partial charge in [0.15, 0.2) is 0 Å². The highest BCUT2D eigenvalue weighted by molar-refractivity contribution is 6.07. The van der Waals surface area contributed by atoms with Crippen molar-refractivity contribution in [2.24, 2.45) is 0 Å². The van der Waals surface area contributed by atoms with E-state index >= 15 is 0 Å². The third kappa shape index (κ3) is 2.40. The minimum atomic E-state index is -0.181. The Hall–Kier alpha value is -2.62. The highest BCUT2D eigenvalue weighted by atomic mass is 16.2. The predicted molar refractivity (Wildman–Crippen MR) is 77.9 cm³/mol. The number of benzene rings is 2. The quantitative estimate of drug-likeness (QED) is 0.878. The molecule has 1 heterocycles. The average Bonchev–Trinajstić information content (AvgIpc) is 2.77. The number of hydrogen-bond donors (Lipinski definition) is 2. The number of aryl methyl sites for hydroxylation is 1. The van der Waals surface area contributed by atoms with Gasteiger partial charge in [-0.15, -0.1) is 0 Å². The molecule has 2 aromatic carbocycles. The molecule has 4 nitrogen and oxygen atoms in total. The Morgan fingerprint density at radius 2 is 2.05 bits per heavy atom. The molecule has 0 aromatic heterocycles. The summed E-state index contributed by atoms with van der Waals surface area (Å²) in [5, 5.41) is 5.60. The van der Waals surface area contributed by atoms with Crippen LogP contribution in [0.15, 0.2) is 42.5 Å². The summed E-state index contributed by atoms with van der Waals surface area (Å²) >= 11 is 0. The largest absolute Gasteiger partial charge is 0.326 e. The number of rotatable bonds is 2. The first-order chi connectivity index (χ1) is 9.61. The number of carbonyl (C=O) groups excluding carboxylic acids is 2. The van der Waals surface area contributed by atoms with Crippen molar-refractivity contribution in [3.05, 3.63) is 59.2 Å². The van der Waals surface area contributed by atoms with Crippen LogP contribution in [0.3, 0.4) is 0 Å². The number of fused-ring (bicyclic) bond motifs is 1. The Bertz CT molecular complexity index is 707. The van der Waals surface area contributed by atoms with Gasteiger partial charge in [-0.3, -0.25) is 9.59 Å². The van der Waals surface area contributed by atoms with Crippen LogP contribution in [0.4, 0.5) is 11.4 Å². The van der Waals surface area contributed by atoms with Crippen molar-refractivity contribution in [2.45, 2.75) is 13.3 Å². The van der Waals surface area contributed by atoms with Gasteiger partial charge >= 0.3 is 0 Å². The van der Waals surface area contributed by atoms with Gasteiger partial charge < -0.3 is 10.6 Å². The molecule has 0 atom stereocenters. The molecule has 2 amide bonds. The highest BCUT2D eigenvalue weighted by Crippen LogP contribution is 2.24. The van der Waals surface area contributed by atoms with Gasteiger partial charge in [0.05, 0.1) is 6.42 Å². The second-order valence-electron chi connectivity index (χ2n) is 4.92. The zero-order chi connectivity index (χ0) is 14.1. The number of anilines is 2. The molecule has 2 aromatic rings. The van der Waals surface area contributed by atoms with Crippen LogP contribution in [0, 0.1) is 6.92 Å². The Labute approximate surface area is 116 Å². The topological polar surface area (TPSA) is 58.2 Å². The standard InChI is InChI=1S/C16H14N2O2/c1-10-3-2-4-13(7-10)17-16(20)12-6-5-11-9-15(19)18-14(11)8-12/h2-8H,9H2,1H3,(H,17,20)(H,18,19). The van der Waals surface area contributed by atoms with E-state index in [4.69, 9.17) is 0 Å². The minimum Gasteiger partial charge on any atom is -0.326 e. The zero-order valence-electron chi connectivity index (χ0n) is 11.1. The number of amides is 2.